The van der Waals surface area contributed by atoms with Gasteiger partial charge < -0.3 is 19.7 Å². The summed E-state index contributed by atoms with van der Waals surface area (Å²) < 4.78 is 34.5. The normalized spacial score (nSPS) is 14.5. The molecular weight excluding hydrogens is 294 g/mol. The van der Waals surface area contributed by atoms with Gasteiger partial charge in [-0.05, 0) is 26.0 Å². The summed E-state index contributed by atoms with van der Waals surface area (Å²) >= 11 is 0. The van der Waals surface area contributed by atoms with E-state index in [9.17, 15) is 13.6 Å². The van der Waals surface area contributed by atoms with E-state index in [4.69, 9.17) is 0 Å². The fourth-order valence-electron chi connectivity index (χ4n) is 2.05. The highest BCUT2D eigenvalue weighted by atomic mass is 19.3. The number of hydrogen-bond acceptors (Lipinski definition) is 4. The van der Waals surface area contributed by atoms with E-state index in [2.05, 4.69) is 21.4 Å². The van der Waals surface area contributed by atoms with Gasteiger partial charge in [0.05, 0.1) is 6.54 Å². The summed E-state index contributed by atoms with van der Waals surface area (Å²) in [5.41, 5.74) is 1.39. The van der Waals surface area contributed by atoms with Crippen LogP contribution in [-0.2, 0) is 4.79 Å². The molecule has 5 nitrogen and oxygen atoms in total. The maximum atomic E-state index is 12.9. The van der Waals surface area contributed by atoms with Gasteiger partial charge in [0, 0.05) is 24.8 Å². The molecule has 0 bridgehead atoms. The minimum absolute atomic E-state index is 0.0284. The number of likely N-dealkylation sites (N-methyl/N-ethyl adjacent to an activating group) is 1. The number of ether oxygens (including phenoxy) is 2. The Labute approximate surface area is 127 Å². The predicted molar refractivity (Wildman–Crippen MR) is 78.2 cm³/mol. The number of amides is 1. The third kappa shape index (κ3) is 3.87. The van der Waals surface area contributed by atoms with E-state index in [-0.39, 0.29) is 24.0 Å². The van der Waals surface area contributed by atoms with Gasteiger partial charge >= 0.3 is 6.29 Å². The van der Waals surface area contributed by atoms with Crippen LogP contribution in [0, 0.1) is 0 Å². The smallest absolute Gasteiger partial charge is 0.395 e. The van der Waals surface area contributed by atoms with Gasteiger partial charge in [0.1, 0.15) is 0 Å². The Morgan fingerprint density at radius 3 is 2.68 bits per heavy atom. The highest BCUT2D eigenvalue weighted by Crippen LogP contribution is 2.42. The van der Waals surface area contributed by atoms with Gasteiger partial charge in [0.25, 0.3) is 0 Å². The van der Waals surface area contributed by atoms with Crippen LogP contribution in [0.25, 0.3) is 0 Å². The molecule has 1 aromatic carbocycles. The van der Waals surface area contributed by atoms with Crippen LogP contribution in [0.15, 0.2) is 30.4 Å². The molecule has 1 aromatic rings. The quantitative estimate of drug-likeness (QED) is 0.821. The van der Waals surface area contributed by atoms with E-state index in [1.807, 2.05) is 13.8 Å². The Morgan fingerprint density at radius 1 is 1.36 bits per heavy atom. The molecule has 0 radical (unpaired) electrons. The first kappa shape index (κ1) is 16.1. The number of nitrogens with zero attached hydrogens (tertiary/aromatic N) is 1. The van der Waals surface area contributed by atoms with Gasteiger partial charge in [-0.2, -0.15) is 0 Å². The van der Waals surface area contributed by atoms with Gasteiger partial charge in [0.2, 0.25) is 5.91 Å². The lowest BCUT2D eigenvalue weighted by Gasteiger charge is -2.21. The second kappa shape index (κ2) is 6.21. The SMILES string of the molecule is C=C(C)CN(CC)C(=O)CNc1ccc2c(c1)OC(F)(F)O2. The molecule has 1 N–H and O–H groups in total. The molecule has 120 valence electrons. The molecule has 1 aliphatic heterocycles. The molecular formula is C15H18F2N2O3. The molecule has 22 heavy (non-hydrogen) atoms. The fourth-order valence-corrected chi connectivity index (χ4v) is 2.05. The third-order valence-corrected chi connectivity index (χ3v) is 3.04. The lowest BCUT2D eigenvalue weighted by atomic mass is 10.2. The van der Waals surface area contributed by atoms with Crippen molar-refractivity contribution in [3.63, 3.8) is 0 Å². The number of carbonyl (C=O) groups excluding carboxylic acids is 1. The van der Waals surface area contributed by atoms with Crippen LogP contribution in [0.5, 0.6) is 11.5 Å². The molecule has 1 heterocycles. The molecule has 1 aliphatic rings. The molecule has 0 atom stereocenters. The Morgan fingerprint density at radius 2 is 2.05 bits per heavy atom. The average molecular weight is 312 g/mol. The summed E-state index contributed by atoms with van der Waals surface area (Å²) in [5, 5.41) is 2.89. The van der Waals surface area contributed by atoms with Gasteiger partial charge in [-0.25, -0.2) is 0 Å². The van der Waals surface area contributed by atoms with Gasteiger partial charge in [-0.1, -0.05) is 12.2 Å². The van der Waals surface area contributed by atoms with Crippen molar-refractivity contribution in [2.75, 3.05) is 25.0 Å². The van der Waals surface area contributed by atoms with Crippen molar-refractivity contribution in [2.24, 2.45) is 0 Å². The maximum Gasteiger partial charge on any atom is 0.586 e. The zero-order valence-electron chi connectivity index (χ0n) is 12.5. The van der Waals surface area contributed by atoms with Crippen LogP contribution in [0.4, 0.5) is 14.5 Å². The van der Waals surface area contributed by atoms with Crippen LogP contribution in [0.1, 0.15) is 13.8 Å². The average Bonchev–Trinajstić information content (AvgIpc) is 2.74. The number of fused-ring (bicyclic) bond motifs is 1. The van der Waals surface area contributed by atoms with E-state index in [0.717, 1.165) is 5.57 Å². The summed E-state index contributed by atoms with van der Waals surface area (Å²) in [6.45, 7) is 8.62. The maximum absolute atomic E-state index is 12.9. The second-order valence-corrected chi connectivity index (χ2v) is 5.05. The summed E-state index contributed by atoms with van der Waals surface area (Å²) in [6.07, 6.45) is -3.64. The summed E-state index contributed by atoms with van der Waals surface area (Å²) in [7, 11) is 0. The van der Waals surface area contributed by atoms with Crippen molar-refractivity contribution in [2.45, 2.75) is 20.1 Å². The fraction of sp³-hybridized carbons (Fsp3) is 0.400. The topological polar surface area (TPSA) is 50.8 Å². The molecule has 0 saturated heterocycles. The van der Waals surface area contributed by atoms with Crippen molar-refractivity contribution in [1.29, 1.82) is 0 Å². The first-order valence-electron chi connectivity index (χ1n) is 6.86. The zero-order valence-corrected chi connectivity index (χ0v) is 12.5. The number of anilines is 1. The Bertz CT molecular complexity index is 590. The number of rotatable bonds is 6. The third-order valence-electron chi connectivity index (χ3n) is 3.04. The van der Waals surface area contributed by atoms with E-state index >= 15 is 0 Å². The summed E-state index contributed by atoms with van der Waals surface area (Å²) in [6, 6.07) is 4.29. The van der Waals surface area contributed by atoms with Crippen LogP contribution >= 0.6 is 0 Å². The van der Waals surface area contributed by atoms with E-state index in [1.54, 1.807) is 11.0 Å². The number of alkyl halides is 2. The van der Waals surface area contributed by atoms with Crippen LogP contribution in [0.3, 0.4) is 0 Å². The molecule has 0 spiro atoms. The van der Waals surface area contributed by atoms with Crippen molar-refractivity contribution in [1.82, 2.24) is 4.90 Å². The minimum atomic E-state index is -3.64. The first-order chi connectivity index (χ1) is 10.3. The monoisotopic (exact) mass is 312 g/mol. The lowest BCUT2D eigenvalue weighted by molar-refractivity contribution is -0.286. The molecule has 0 aromatic heterocycles. The second-order valence-electron chi connectivity index (χ2n) is 5.05. The molecule has 0 fully saturated rings. The summed E-state index contributed by atoms with van der Waals surface area (Å²) in [4.78, 5) is 13.7. The van der Waals surface area contributed by atoms with Gasteiger partial charge in [-0.3, -0.25) is 4.79 Å². The highest BCUT2D eigenvalue weighted by Gasteiger charge is 2.43. The van der Waals surface area contributed by atoms with E-state index in [1.165, 1.54) is 12.1 Å². The van der Waals surface area contributed by atoms with Crippen molar-refractivity contribution in [3.05, 3.63) is 30.4 Å². The van der Waals surface area contributed by atoms with E-state index in [0.29, 0.717) is 18.8 Å². The van der Waals surface area contributed by atoms with Crippen LogP contribution in [-0.4, -0.2) is 36.7 Å². The van der Waals surface area contributed by atoms with Crippen molar-refractivity contribution < 1.29 is 23.0 Å². The number of halogens is 2. The lowest BCUT2D eigenvalue weighted by Crippen LogP contribution is -2.36. The van der Waals surface area contributed by atoms with Crippen molar-refractivity contribution >= 4 is 11.6 Å². The summed E-state index contributed by atoms with van der Waals surface area (Å²) in [5.74, 6) is -0.190. The molecule has 0 unspecified atom stereocenters. The molecule has 0 saturated carbocycles. The molecule has 1 amide bonds. The number of hydrogen-bond donors (Lipinski definition) is 1. The molecule has 0 aliphatic carbocycles. The van der Waals surface area contributed by atoms with Crippen LogP contribution in [0.2, 0.25) is 0 Å². The molecule has 2 rings (SSSR count). The highest BCUT2D eigenvalue weighted by molar-refractivity contribution is 5.81. The number of benzene rings is 1. The Hall–Kier alpha value is -2.31. The Kier molecular flexibility index (Phi) is 4.54. The number of carbonyl (C=O) groups is 1. The predicted octanol–water partition coefficient (Wildman–Crippen LogP) is 2.84. The van der Waals surface area contributed by atoms with Crippen LogP contribution < -0.4 is 14.8 Å². The van der Waals surface area contributed by atoms with Crippen molar-refractivity contribution in [3.8, 4) is 11.5 Å². The largest absolute Gasteiger partial charge is 0.586 e. The standard InChI is InChI=1S/C15H18F2N2O3/c1-4-19(9-10(2)3)14(20)8-18-11-5-6-12-13(7-11)22-15(16,17)21-12/h5-7,18H,2,4,8-9H2,1,3H3. The van der Waals surface area contributed by atoms with E-state index < -0.39 is 6.29 Å². The van der Waals surface area contributed by atoms with Gasteiger partial charge in [0.15, 0.2) is 11.5 Å². The number of nitrogens with one attached hydrogen (secondary N) is 1. The first-order valence-corrected chi connectivity index (χ1v) is 6.86. The zero-order chi connectivity index (χ0) is 16.3. The van der Waals surface area contributed by atoms with Gasteiger partial charge in [-0.15, -0.1) is 8.78 Å². The Balaban J connectivity index is 1.95. The minimum Gasteiger partial charge on any atom is -0.395 e. The molecule has 7 heteroatoms.